The van der Waals surface area contributed by atoms with E-state index in [1.165, 1.54) is 56.9 Å². The molecule has 34 heavy (non-hydrogen) atoms. The van der Waals surface area contributed by atoms with Gasteiger partial charge in [0.2, 0.25) is 0 Å². The van der Waals surface area contributed by atoms with Crippen molar-refractivity contribution in [3.8, 4) is 0 Å². The molecule has 2 heteroatoms. The normalized spacial score (nSPS) is 56.6. The quantitative estimate of drug-likeness (QED) is 0.323. The third-order valence-corrected chi connectivity index (χ3v) is 14.3. The Morgan fingerprint density at radius 2 is 1.53 bits per heavy atom. The maximum absolute atomic E-state index is 11.0. The van der Waals surface area contributed by atoms with Crippen LogP contribution in [0.1, 0.15) is 106 Å². The van der Waals surface area contributed by atoms with E-state index >= 15 is 0 Å². The summed E-state index contributed by atoms with van der Waals surface area (Å²) in [6.07, 6.45) is 12.3. The minimum absolute atomic E-state index is 0.0545. The average molecular weight is 469 g/mol. The van der Waals surface area contributed by atoms with Crippen LogP contribution >= 0.6 is 0 Å². The van der Waals surface area contributed by atoms with Crippen LogP contribution in [-0.4, -0.2) is 16.8 Å². The van der Waals surface area contributed by atoms with Crippen molar-refractivity contribution >= 4 is 0 Å². The summed E-state index contributed by atoms with van der Waals surface area (Å²) in [6, 6.07) is 0. The smallest absolute Gasteiger partial charge is 0.0915 e. The van der Waals surface area contributed by atoms with Crippen LogP contribution in [0.2, 0.25) is 0 Å². The first kappa shape index (κ1) is 24.9. The lowest BCUT2D eigenvalue weighted by Gasteiger charge is -2.73. The molecule has 0 aromatic carbocycles. The van der Waals surface area contributed by atoms with Gasteiger partial charge in [0.25, 0.3) is 0 Å². The predicted molar refractivity (Wildman–Crippen MR) is 141 cm³/mol. The minimum Gasteiger partial charge on any atom is -0.512 e. The van der Waals surface area contributed by atoms with Crippen LogP contribution in [0.15, 0.2) is 24.5 Å². The molecular weight excluding hydrogens is 416 g/mol. The summed E-state index contributed by atoms with van der Waals surface area (Å²) in [7, 11) is 0. The molecule has 0 saturated heterocycles. The van der Waals surface area contributed by atoms with Crippen molar-refractivity contribution in [1.29, 1.82) is 0 Å². The third-order valence-electron chi connectivity index (χ3n) is 14.3. The molecule has 0 aromatic rings. The van der Waals surface area contributed by atoms with E-state index < -0.39 is 0 Å². The van der Waals surface area contributed by atoms with Crippen molar-refractivity contribution < 1.29 is 10.2 Å². The second kappa shape index (κ2) is 7.62. The number of aliphatic hydroxyl groups excluding tert-OH is 2. The molecule has 3 unspecified atom stereocenters. The maximum atomic E-state index is 11.0. The van der Waals surface area contributed by atoms with E-state index in [2.05, 4.69) is 54.7 Å². The van der Waals surface area contributed by atoms with Crippen LogP contribution in [0.25, 0.3) is 0 Å². The van der Waals surface area contributed by atoms with E-state index in [1.54, 1.807) is 0 Å². The van der Waals surface area contributed by atoms with Crippen molar-refractivity contribution in [1.82, 2.24) is 0 Å². The zero-order chi connectivity index (χ0) is 24.9. The number of hydrogen-bond acceptors (Lipinski definition) is 2. The van der Waals surface area contributed by atoms with Gasteiger partial charge in [-0.15, -0.1) is 0 Å². The minimum atomic E-state index is -0.0895. The van der Waals surface area contributed by atoms with Gasteiger partial charge in [0, 0.05) is 12.0 Å². The summed E-state index contributed by atoms with van der Waals surface area (Å²) in [5.41, 5.74) is 2.23. The zero-order valence-electron chi connectivity index (χ0n) is 23.1. The largest absolute Gasteiger partial charge is 0.512 e. The Labute approximate surface area is 209 Å². The highest BCUT2D eigenvalue weighted by molar-refractivity contribution is 5.25. The number of aliphatic hydroxyl groups is 2. The van der Waals surface area contributed by atoms with Crippen molar-refractivity contribution in [3.05, 3.63) is 24.5 Å². The summed E-state index contributed by atoms with van der Waals surface area (Å²) in [5, 5.41) is 21.6. The summed E-state index contributed by atoms with van der Waals surface area (Å²) < 4.78 is 0. The van der Waals surface area contributed by atoms with Gasteiger partial charge >= 0.3 is 0 Å². The molecule has 5 saturated carbocycles. The molecule has 0 spiro atoms. The lowest BCUT2D eigenvalue weighted by Crippen LogP contribution is -2.66. The highest BCUT2D eigenvalue weighted by Crippen LogP contribution is 2.78. The topological polar surface area (TPSA) is 40.5 Å². The Balaban J connectivity index is 1.56. The predicted octanol–water partition coefficient (Wildman–Crippen LogP) is 8.32. The Bertz CT molecular complexity index is 876. The van der Waals surface area contributed by atoms with E-state index in [9.17, 15) is 10.2 Å². The second-order valence-electron chi connectivity index (χ2n) is 14.9. The molecule has 0 radical (unpaired) electrons. The number of hydrogen-bond donors (Lipinski definition) is 2. The Kier molecular flexibility index (Phi) is 5.59. The van der Waals surface area contributed by atoms with Crippen molar-refractivity contribution in [2.24, 2.45) is 62.6 Å². The molecule has 2 nitrogen and oxygen atoms in total. The highest BCUT2D eigenvalue weighted by atomic mass is 16.3. The summed E-state index contributed by atoms with van der Waals surface area (Å²) >= 11 is 0. The summed E-state index contributed by atoms with van der Waals surface area (Å²) in [5.74, 6) is 4.09. The standard InChI is InChI=1S/C32H52O2/c1-20(2)23-12-16-32(22(4)34)18-17-30(7)24(27(23)32)9-10-26-28(5)14-11-21(3)29(6,19-33)25(28)13-15-31(26,30)8/h21,23-27,33-34H,1,4,9-19H2,2-3,5-8H3/t21-,23-,24?,25+,26?,27?,28-,29+,30+,31+,32+/m0/s1. The van der Waals surface area contributed by atoms with E-state index in [-0.39, 0.29) is 10.8 Å². The molecule has 11 atom stereocenters. The van der Waals surface area contributed by atoms with Crippen LogP contribution < -0.4 is 0 Å². The molecular formula is C32H52O2. The fourth-order valence-corrected chi connectivity index (χ4v) is 11.9. The van der Waals surface area contributed by atoms with E-state index in [0.717, 1.165) is 18.8 Å². The molecule has 0 amide bonds. The van der Waals surface area contributed by atoms with Gasteiger partial charge in [-0.1, -0.05) is 53.3 Å². The fourth-order valence-electron chi connectivity index (χ4n) is 11.9. The first-order valence-corrected chi connectivity index (χ1v) is 14.5. The summed E-state index contributed by atoms with van der Waals surface area (Å²) in [6.45, 7) is 23.9. The fraction of sp³-hybridized carbons (Fsp3) is 0.875. The van der Waals surface area contributed by atoms with Crippen molar-refractivity contribution in [3.63, 3.8) is 0 Å². The Morgan fingerprint density at radius 3 is 2.15 bits per heavy atom. The number of fused-ring (bicyclic) bond motifs is 7. The van der Waals surface area contributed by atoms with E-state index in [4.69, 9.17) is 0 Å². The first-order chi connectivity index (χ1) is 15.8. The second-order valence-corrected chi connectivity index (χ2v) is 14.9. The molecule has 0 aliphatic heterocycles. The maximum Gasteiger partial charge on any atom is 0.0915 e. The SMILES string of the molecule is C=C(C)[C@@H]1CC[C@]2(C(=C)O)CC[C@]3(C)C(CCC4[C@@]5(C)CC[C@H](C)[C@@](C)(CO)[C@@H]5CC[C@]43C)C12. The molecule has 192 valence electrons. The monoisotopic (exact) mass is 468 g/mol. The van der Waals surface area contributed by atoms with Crippen LogP contribution in [0, 0.1) is 62.6 Å². The zero-order valence-corrected chi connectivity index (χ0v) is 23.1. The Morgan fingerprint density at radius 1 is 0.824 bits per heavy atom. The van der Waals surface area contributed by atoms with Gasteiger partial charge < -0.3 is 10.2 Å². The van der Waals surface area contributed by atoms with Crippen molar-refractivity contribution in [2.75, 3.05) is 6.61 Å². The summed E-state index contributed by atoms with van der Waals surface area (Å²) in [4.78, 5) is 0. The van der Waals surface area contributed by atoms with Gasteiger partial charge in [0.1, 0.15) is 0 Å². The molecule has 5 aliphatic rings. The van der Waals surface area contributed by atoms with Crippen molar-refractivity contribution in [2.45, 2.75) is 106 Å². The van der Waals surface area contributed by atoms with Crippen LogP contribution in [0.5, 0.6) is 0 Å². The average Bonchev–Trinajstić information content (AvgIpc) is 3.18. The molecule has 2 N–H and O–H groups in total. The lowest BCUT2D eigenvalue weighted by molar-refractivity contribution is -0.246. The third kappa shape index (κ3) is 2.79. The van der Waals surface area contributed by atoms with E-state index in [1.807, 2.05) is 0 Å². The lowest BCUT2D eigenvalue weighted by atomic mass is 9.32. The number of allylic oxidation sites excluding steroid dienone is 2. The van der Waals surface area contributed by atoms with Gasteiger partial charge in [-0.3, -0.25) is 0 Å². The molecule has 0 bridgehead atoms. The molecule has 0 aromatic heterocycles. The van der Waals surface area contributed by atoms with Crippen LogP contribution in [0.3, 0.4) is 0 Å². The highest BCUT2D eigenvalue weighted by Gasteiger charge is 2.71. The van der Waals surface area contributed by atoms with E-state index in [0.29, 0.717) is 58.2 Å². The Hall–Kier alpha value is -0.760. The number of rotatable bonds is 3. The van der Waals surface area contributed by atoms with Crippen LogP contribution in [-0.2, 0) is 0 Å². The van der Waals surface area contributed by atoms with Gasteiger partial charge in [-0.2, -0.15) is 0 Å². The first-order valence-electron chi connectivity index (χ1n) is 14.5. The molecule has 5 fully saturated rings. The molecule has 5 rings (SSSR count). The van der Waals surface area contributed by atoms with Gasteiger partial charge in [0.15, 0.2) is 0 Å². The van der Waals surface area contributed by atoms with Gasteiger partial charge in [-0.25, -0.2) is 0 Å². The molecule has 5 aliphatic carbocycles. The molecule has 0 heterocycles. The van der Waals surface area contributed by atoms with Crippen LogP contribution in [0.4, 0.5) is 0 Å². The van der Waals surface area contributed by atoms with Gasteiger partial charge in [0.05, 0.1) is 5.76 Å². The van der Waals surface area contributed by atoms with Gasteiger partial charge in [-0.05, 0) is 128 Å².